The Morgan fingerprint density at radius 2 is 1.79 bits per heavy atom. The first-order valence-electron chi connectivity index (χ1n) is 10.8. The van der Waals surface area contributed by atoms with Crippen molar-refractivity contribution in [3.63, 3.8) is 0 Å². The fourth-order valence-electron chi connectivity index (χ4n) is 3.18. The molecule has 12 nitrogen and oxygen atoms in total. The van der Waals surface area contributed by atoms with Gasteiger partial charge in [0.25, 0.3) is 5.91 Å². The van der Waals surface area contributed by atoms with Crippen LogP contribution in [0.2, 0.25) is 0 Å². The van der Waals surface area contributed by atoms with Crippen molar-refractivity contribution in [1.82, 2.24) is 35.2 Å². The summed E-state index contributed by atoms with van der Waals surface area (Å²) in [6, 6.07) is 4.19. The summed E-state index contributed by atoms with van der Waals surface area (Å²) in [6.45, 7) is 1.32. The number of nitrogens with zero attached hydrogens (tertiary/aromatic N) is 7. The Morgan fingerprint density at radius 3 is 2.49 bits per heavy atom. The molecule has 1 atom stereocenters. The van der Waals surface area contributed by atoms with Crippen LogP contribution in [-0.4, -0.2) is 47.2 Å². The molecule has 2 N–H and O–H groups in total. The van der Waals surface area contributed by atoms with Crippen LogP contribution >= 0.6 is 0 Å². The fourth-order valence-corrected chi connectivity index (χ4v) is 3.18. The first-order chi connectivity index (χ1) is 18.4. The van der Waals surface area contributed by atoms with Crippen molar-refractivity contribution in [2.75, 3.05) is 10.6 Å². The number of nitrogens with one attached hydrogen (secondary N) is 2. The largest absolute Gasteiger partial charge is 0.441 e. The van der Waals surface area contributed by atoms with Gasteiger partial charge in [-0.3, -0.25) is 15.1 Å². The van der Waals surface area contributed by atoms with E-state index in [9.17, 15) is 31.5 Å². The molecule has 0 saturated carbocycles. The third kappa shape index (κ3) is 6.25. The zero-order valence-corrected chi connectivity index (χ0v) is 19.9. The number of hydrogen-bond donors (Lipinski definition) is 2. The number of halogens is 5. The van der Waals surface area contributed by atoms with Gasteiger partial charge in [-0.2, -0.15) is 22.7 Å². The minimum atomic E-state index is -4.77. The summed E-state index contributed by atoms with van der Waals surface area (Å²) in [6.07, 6.45) is -4.24. The van der Waals surface area contributed by atoms with Crippen molar-refractivity contribution in [3.8, 4) is 11.4 Å². The normalized spacial score (nSPS) is 12.1. The zero-order chi connectivity index (χ0) is 28.3. The van der Waals surface area contributed by atoms with Crippen molar-refractivity contribution in [1.29, 1.82) is 0 Å². The van der Waals surface area contributed by atoms with Crippen LogP contribution < -0.4 is 10.6 Å². The lowest BCUT2D eigenvalue weighted by Crippen LogP contribution is -2.19. The quantitative estimate of drug-likeness (QED) is 0.270. The molecule has 2 amide bonds. The zero-order valence-electron chi connectivity index (χ0n) is 19.9. The van der Waals surface area contributed by atoms with E-state index in [-0.39, 0.29) is 34.0 Å². The molecule has 0 aromatic carbocycles. The Hall–Kier alpha value is -5.09. The molecule has 0 aliphatic rings. The van der Waals surface area contributed by atoms with Gasteiger partial charge < -0.3 is 10.1 Å². The summed E-state index contributed by atoms with van der Waals surface area (Å²) in [5.74, 6) is -2.66. The van der Waals surface area contributed by atoms with Crippen LogP contribution in [0.5, 0.6) is 0 Å². The maximum atomic E-state index is 13.9. The fraction of sp³-hybridized carbons (Fsp3) is 0.182. The van der Waals surface area contributed by atoms with Crippen molar-refractivity contribution in [2.24, 2.45) is 7.05 Å². The summed E-state index contributed by atoms with van der Waals surface area (Å²) >= 11 is 0. The van der Waals surface area contributed by atoms with Crippen molar-refractivity contribution < 1.29 is 36.3 Å². The molecule has 0 spiro atoms. The SMILES string of the molecule is C[C@@H](OC(=O)Nc1c(-c2ccc(NC(=O)c3cnnc(C(F)(F)F)c3)cn2)nnn1C)c1cc(F)cnc1F. The number of alkyl halides is 3. The van der Waals surface area contributed by atoms with Gasteiger partial charge >= 0.3 is 12.3 Å². The number of carbonyl (C=O) groups excluding carboxylic acids is 2. The predicted octanol–water partition coefficient (Wildman–Crippen LogP) is 3.92. The Bertz CT molecular complexity index is 1530. The minimum absolute atomic E-state index is 0.0388. The number of rotatable bonds is 6. The average Bonchev–Trinajstić information content (AvgIpc) is 3.25. The average molecular weight is 549 g/mol. The summed E-state index contributed by atoms with van der Waals surface area (Å²) < 4.78 is 72.1. The van der Waals surface area contributed by atoms with Crippen molar-refractivity contribution >= 4 is 23.5 Å². The lowest BCUT2D eigenvalue weighted by atomic mass is 10.2. The van der Waals surface area contributed by atoms with Gasteiger partial charge in [-0.15, -0.1) is 10.2 Å². The molecule has 4 heterocycles. The van der Waals surface area contributed by atoms with Crippen LogP contribution in [0.1, 0.15) is 34.6 Å². The molecule has 0 radical (unpaired) electrons. The summed E-state index contributed by atoms with van der Waals surface area (Å²) in [4.78, 5) is 32.2. The molecular formula is C22H16F5N9O3. The second-order valence-electron chi connectivity index (χ2n) is 7.83. The third-order valence-corrected chi connectivity index (χ3v) is 5.07. The smallest absolute Gasteiger partial charge is 0.435 e. The lowest BCUT2D eigenvalue weighted by Gasteiger charge is -2.15. The third-order valence-electron chi connectivity index (χ3n) is 5.07. The maximum absolute atomic E-state index is 13.9. The molecule has 4 aromatic heterocycles. The molecule has 0 unspecified atom stereocenters. The summed E-state index contributed by atoms with van der Waals surface area (Å²) in [5.41, 5.74) is -1.56. The van der Waals surface area contributed by atoms with Crippen LogP contribution in [-0.2, 0) is 18.0 Å². The van der Waals surface area contributed by atoms with E-state index in [1.54, 1.807) is 0 Å². The molecule has 0 aliphatic carbocycles. The number of ether oxygens (including phenoxy) is 1. The maximum Gasteiger partial charge on any atom is 0.435 e. The molecule has 0 fully saturated rings. The highest BCUT2D eigenvalue weighted by atomic mass is 19.4. The molecule has 0 bridgehead atoms. The molecule has 4 rings (SSSR count). The van der Waals surface area contributed by atoms with Gasteiger partial charge in [-0.25, -0.2) is 18.9 Å². The molecular weight excluding hydrogens is 533 g/mol. The van der Waals surface area contributed by atoms with Gasteiger partial charge in [0.15, 0.2) is 17.2 Å². The standard InChI is InChI=1S/C22H16F5N9O3/c1-10(14-6-12(23)8-29-18(14)24)39-21(38)32-19-17(34-35-36(19)2)15-4-3-13(9-28-15)31-20(37)11-5-16(22(25,26)27)33-30-7-11/h3-10H,1-2H3,(H,31,37)(H,32,38)/t10-/m1/s1. The van der Waals surface area contributed by atoms with Gasteiger partial charge in [-0.05, 0) is 31.2 Å². The van der Waals surface area contributed by atoms with Gasteiger partial charge in [0.1, 0.15) is 11.9 Å². The Kier molecular flexibility index (Phi) is 7.41. The van der Waals surface area contributed by atoms with E-state index in [1.807, 2.05) is 0 Å². The molecule has 4 aromatic rings. The van der Waals surface area contributed by atoms with Crippen LogP contribution in [0, 0.1) is 11.8 Å². The Labute approximate surface area is 215 Å². The van der Waals surface area contributed by atoms with Gasteiger partial charge in [0, 0.05) is 7.05 Å². The van der Waals surface area contributed by atoms with E-state index in [1.165, 1.54) is 37.0 Å². The highest BCUT2D eigenvalue weighted by Gasteiger charge is 2.33. The lowest BCUT2D eigenvalue weighted by molar-refractivity contribution is -0.141. The first kappa shape index (κ1) is 27.0. The van der Waals surface area contributed by atoms with E-state index in [2.05, 4.69) is 41.1 Å². The Balaban J connectivity index is 1.45. The number of pyridine rings is 2. The van der Waals surface area contributed by atoms with E-state index in [4.69, 9.17) is 4.74 Å². The van der Waals surface area contributed by atoms with Gasteiger partial charge in [0.2, 0.25) is 5.95 Å². The van der Waals surface area contributed by atoms with E-state index in [0.717, 1.165) is 12.3 Å². The number of hydrogen-bond acceptors (Lipinski definition) is 9. The van der Waals surface area contributed by atoms with Crippen molar-refractivity contribution in [3.05, 3.63) is 71.4 Å². The number of carbonyl (C=O) groups is 2. The summed E-state index contributed by atoms with van der Waals surface area (Å²) in [7, 11) is 1.46. The van der Waals surface area contributed by atoms with Crippen LogP contribution in [0.4, 0.5) is 38.3 Å². The first-order valence-corrected chi connectivity index (χ1v) is 10.8. The van der Waals surface area contributed by atoms with Crippen LogP contribution in [0.3, 0.4) is 0 Å². The topological polar surface area (TPSA) is 150 Å². The molecule has 202 valence electrons. The van der Waals surface area contributed by atoms with E-state index >= 15 is 0 Å². The van der Waals surface area contributed by atoms with E-state index < -0.39 is 41.7 Å². The predicted molar refractivity (Wildman–Crippen MR) is 122 cm³/mol. The summed E-state index contributed by atoms with van der Waals surface area (Å²) in [5, 5.41) is 18.7. The molecule has 17 heteroatoms. The van der Waals surface area contributed by atoms with Crippen LogP contribution in [0.15, 0.2) is 42.9 Å². The number of aryl methyl sites for hydroxylation is 1. The van der Waals surface area contributed by atoms with Gasteiger partial charge in [0.05, 0.1) is 41.1 Å². The van der Waals surface area contributed by atoms with Crippen molar-refractivity contribution in [2.45, 2.75) is 19.2 Å². The second kappa shape index (κ2) is 10.7. The van der Waals surface area contributed by atoms with Crippen LogP contribution in [0.25, 0.3) is 11.4 Å². The minimum Gasteiger partial charge on any atom is -0.441 e. The highest BCUT2D eigenvalue weighted by molar-refractivity contribution is 6.04. The second-order valence-corrected chi connectivity index (χ2v) is 7.83. The Morgan fingerprint density at radius 1 is 1.03 bits per heavy atom. The number of aromatic nitrogens is 7. The molecule has 0 saturated heterocycles. The molecule has 39 heavy (non-hydrogen) atoms. The number of anilines is 2. The monoisotopic (exact) mass is 549 g/mol. The molecule has 0 aliphatic heterocycles. The highest BCUT2D eigenvalue weighted by Crippen LogP contribution is 2.28. The number of amides is 2. The van der Waals surface area contributed by atoms with Gasteiger partial charge in [-0.1, -0.05) is 5.21 Å². The van der Waals surface area contributed by atoms with E-state index in [0.29, 0.717) is 12.3 Å².